The van der Waals surface area contributed by atoms with E-state index in [1.807, 2.05) is 13.8 Å². The van der Waals surface area contributed by atoms with Gasteiger partial charge in [0.15, 0.2) is 11.7 Å². The molecule has 7 nitrogen and oxygen atoms in total. The first kappa shape index (κ1) is 21.5. The molecule has 0 saturated carbocycles. The molecule has 3 N–H and O–H groups in total. The molecule has 2 amide bonds. The second-order valence-electron chi connectivity index (χ2n) is 5.61. The smallest absolute Gasteiger partial charge is 0.276 e. The number of benzene rings is 2. The lowest BCUT2D eigenvalue weighted by atomic mass is 10.2. The summed E-state index contributed by atoms with van der Waals surface area (Å²) in [6.45, 7) is 4.02. The van der Waals surface area contributed by atoms with Gasteiger partial charge in [0.25, 0.3) is 11.8 Å². The zero-order valence-corrected chi connectivity index (χ0v) is 16.9. The highest BCUT2D eigenvalue weighted by atomic mass is 35.5. The molecule has 0 fully saturated rings. The fourth-order valence-corrected chi connectivity index (χ4v) is 2.36. The van der Waals surface area contributed by atoms with Crippen molar-refractivity contribution in [2.75, 3.05) is 13.2 Å². The van der Waals surface area contributed by atoms with Crippen LogP contribution in [0.2, 0.25) is 5.02 Å². The minimum atomic E-state index is -0.467. The van der Waals surface area contributed by atoms with Gasteiger partial charge in [-0.05, 0) is 74.1 Å². The monoisotopic (exact) mass is 421 g/mol. The number of ether oxygens (including phenoxy) is 2. The molecule has 148 valence electrons. The fourth-order valence-electron chi connectivity index (χ4n) is 2.09. The molecule has 0 aliphatic rings. The summed E-state index contributed by atoms with van der Waals surface area (Å²) >= 11 is 10.9. The molecule has 0 unspecified atom stereocenters. The first-order valence-corrected chi connectivity index (χ1v) is 9.19. The Morgan fingerprint density at radius 2 is 1.71 bits per heavy atom. The van der Waals surface area contributed by atoms with E-state index >= 15 is 0 Å². The number of carbonyl (C=O) groups excluding carboxylic acids is 2. The Kier molecular flexibility index (Phi) is 8.03. The first-order valence-electron chi connectivity index (χ1n) is 8.41. The van der Waals surface area contributed by atoms with Crippen molar-refractivity contribution in [1.82, 2.24) is 16.2 Å². The lowest BCUT2D eigenvalue weighted by Gasteiger charge is -2.12. The molecule has 0 aliphatic carbocycles. The summed E-state index contributed by atoms with van der Waals surface area (Å²) < 4.78 is 10.7. The van der Waals surface area contributed by atoms with Crippen LogP contribution < -0.4 is 25.6 Å². The molecule has 0 aromatic heterocycles. The van der Waals surface area contributed by atoms with E-state index in [1.54, 1.807) is 42.5 Å². The highest BCUT2D eigenvalue weighted by molar-refractivity contribution is 7.80. The Morgan fingerprint density at radius 3 is 2.36 bits per heavy atom. The van der Waals surface area contributed by atoms with Crippen LogP contribution in [0.1, 0.15) is 22.8 Å². The molecule has 9 heteroatoms. The summed E-state index contributed by atoms with van der Waals surface area (Å²) in [6.07, 6.45) is 0. The van der Waals surface area contributed by atoms with Gasteiger partial charge in [0.2, 0.25) is 0 Å². The van der Waals surface area contributed by atoms with E-state index in [9.17, 15) is 9.59 Å². The fraction of sp³-hybridized carbons (Fsp3) is 0.211. The third-order valence-electron chi connectivity index (χ3n) is 3.47. The molecule has 0 spiro atoms. The van der Waals surface area contributed by atoms with Crippen molar-refractivity contribution in [3.8, 4) is 11.5 Å². The lowest BCUT2D eigenvalue weighted by Crippen LogP contribution is -2.49. The van der Waals surface area contributed by atoms with Crippen LogP contribution in [0.25, 0.3) is 0 Å². The van der Waals surface area contributed by atoms with E-state index in [0.717, 1.165) is 5.56 Å². The summed E-state index contributed by atoms with van der Waals surface area (Å²) in [4.78, 5) is 23.9. The van der Waals surface area contributed by atoms with Gasteiger partial charge in [0, 0.05) is 10.6 Å². The third-order valence-corrected chi connectivity index (χ3v) is 4.10. The standard InChI is InChI=1S/C19H20ClN3O4S/c1-3-26-14-6-4-13(5-7-14)18(25)21-19(28)23-22-17(24)11-27-15-8-9-16(20)12(2)10-15/h4-10H,3,11H2,1-2H3,(H,22,24)(H2,21,23,25,28). The van der Waals surface area contributed by atoms with Gasteiger partial charge >= 0.3 is 0 Å². The average Bonchev–Trinajstić information content (AvgIpc) is 2.68. The summed E-state index contributed by atoms with van der Waals surface area (Å²) in [5.74, 6) is 0.305. The number of carbonyl (C=O) groups is 2. The minimum Gasteiger partial charge on any atom is -0.494 e. The van der Waals surface area contributed by atoms with Crippen molar-refractivity contribution in [2.45, 2.75) is 13.8 Å². The predicted molar refractivity (Wildman–Crippen MR) is 111 cm³/mol. The van der Waals surface area contributed by atoms with E-state index in [1.165, 1.54) is 0 Å². The third kappa shape index (κ3) is 6.71. The number of thiocarbonyl (C=S) groups is 1. The first-order chi connectivity index (χ1) is 13.4. The van der Waals surface area contributed by atoms with Crippen LogP contribution in [0.15, 0.2) is 42.5 Å². The number of aryl methyl sites for hydroxylation is 1. The number of hydrogen-bond donors (Lipinski definition) is 3. The Hall–Kier alpha value is -2.84. The normalized spacial score (nSPS) is 9.96. The van der Waals surface area contributed by atoms with Crippen LogP contribution in [0.5, 0.6) is 11.5 Å². The van der Waals surface area contributed by atoms with E-state index in [2.05, 4.69) is 16.2 Å². The SMILES string of the molecule is CCOc1ccc(C(=O)NC(=S)NNC(=O)COc2ccc(Cl)c(C)c2)cc1. The zero-order valence-electron chi connectivity index (χ0n) is 15.4. The topological polar surface area (TPSA) is 88.7 Å². The summed E-state index contributed by atoms with van der Waals surface area (Å²) in [5, 5.41) is 3.03. The molecular formula is C19H20ClN3O4S. The van der Waals surface area contributed by atoms with Crippen LogP contribution in [-0.2, 0) is 4.79 Å². The lowest BCUT2D eigenvalue weighted by molar-refractivity contribution is -0.123. The Labute approximate surface area is 173 Å². The molecular weight excluding hydrogens is 402 g/mol. The maximum atomic E-state index is 12.1. The highest BCUT2D eigenvalue weighted by Crippen LogP contribution is 2.20. The summed E-state index contributed by atoms with van der Waals surface area (Å²) in [5.41, 5.74) is 6.04. The van der Waals surface area contributed by atoms with Crippen LogP contribution >= 0.6 is 23.8 Å². The molecule has 0 atom stereocenters. The van der Waals surface area contributed by atoms with Crippen LogP contribution in [0.3, 0.4) is 0 Å². The molecule has 0 bridgehead atoms. The zero-order chi connectivity index (χ0) is 20.5. The van der Waals surface area contributed by atoms with E-state index in [-0.39, 0.29) is 11.7 Å². The van der Waals surface area contributed by atoms with Crippen LogP contribution in [0, 0.1) is 6.92 Å². The van der Waals surface area contributed by atoms with E-state index in [0.29, 0.717) is 28.7 Å². The van der Waals surface area contributed by atoms with Crippen molar-refractivity contribution in [1.29, 1.82) is 0 Å². The van der Waals surface area contributed by atoms with Gasteiger partial charge in [0.05, 0.1) is 6.61 Å². The Morgan fingerprint density at radius 1 is 1.04 bits per heavy atom. The Balaban J connectivity index is 1.74. The molecule has 0 aliphatic heterocycles. The maximum Gasteiger partial charge on any atom is 0.276 e. The van der Waals surface area contributed by atoms with Gasteiger partial charge in [-0.15, -0.1) is 0 Å². The largest absolute Gasteiger partial charge is 0.494 e. The number of nitrogens with one attached hydrogen (secondary N) is 3. The van der Waals surface area contributed by atoms with E-state index < -0.39 is 11.8 Å². The summed E-state index contributed by atoms with van der Waals surface area (Å²) in [6, 6.07) is 11.7. The quantitative estimate of drug-likeness (QED) is 0.491. The molecule has 2 aromatic carbocycles. The van der Waals surface area contributed by atoms with Crippen molar-refractivity contribution < 1.29 is 19.1 Å². The number of hydrazine groups is 1. The molecule has 0 radical (unpaired) electrons. The number of halogens is 1. The summed E-state index contributed by atoms with van der Waals surface area (Å²) in [7, 11) is 0. The minimum absolute atomic E-state index is 0.0467. The molecule has 0 heterocycles. The van der Waals surface area contributed by atoms with Crippen molar-refractivity contribution in [3.63, 3.8) is 0 Å². The molecule has 2 rings (SSSR count). The maximum absolute atomic E-state index is 12.1. The van der Waals surface area contributed by atoms with Gasteiger partial charge in [-0.1, -0.05) is 11.6 Å². The Bertz CT molecular complexity index is 859. The molecule has 0 saturated heterocycles. The molecule has 2 aromatic rings. The number of hydrogen-bond acceptors (Lipinski definition) is 5. The second kappa shape index (κ2) is 10.5. The van der Waals surface area contributed by atoms with Crippen LogP contribution in [-0.4, -0.2) is 30.1 Å². The predicted octanol–water partition coefficient (Wildman–Crippen LogP) is 2.76. The van der Waals surface area contributed by atoms with Crippen LogP contribution in [0.4, 0.5) is 0 Å². The number of rotatable bonds is 6. The highest BCUT2D eigenvalue weighted by Gasteiger charge is 2.09. The van der Waals surface area contributed by atoms with E-state index in [4.69, 9.17) is 33.3 Å². The van der Waals surface area contributed by atoms with Gasteiger partial charge in [-0.3, -0.25) is 25.8 Å². The van der Waals surface area contributed by atoms with Crippen molar-refractivity contribution >= 4 is 40.7 Å². The van der Waals surface area contributed by atoms with Gasteiger partial charge in [-0.2, -0.15) is 0 Å². The number of amides is 2. The van der Waals surface area contributed by atoms with Crippen molar-refractivity contribution in [2.24, 2.45) is 0 Å². The second-order valence-corrected chi connectivity index (χ2v) is 6.43. The van der Waals surface area contributed by atoms with Gasteiger partial charge < -0.3 is 9.47 Å². The van der Waals surface area contributed by atoms with Gasteiger partial charge in [0.1, 0.15) is 11.5 Å². The van der Waals surface area contributed by atoms with Crippen molar-refractivity contribution in [3.05, 3.63) is 58.6 Å². The van der Waals surface area contributed by atoms with Gasteiger partial charge in [-0.25, -0.2) is 0 Å². The average molecular weight is 422 g/mol. The molecule has 28 heavy (non-hydrogen) atoms.